The zero-order chi connectivity index (χ0) is 14.7. The van der Waals surface area contributed by atoms with Gasteiger partial charge in [-0.05, 0) is 47.6 Å². The Kier molecular flexibility index (Phi) is 5.18. The topological polar surface area (TPSA) is 15.3 Å². The minimum absolute atomic E-state index is 0.109. The van der Waals surface area contributed by atoms with Crippen molar-refractivity contribution in [2.45, 2.75) is 19.5 Å². The van der Waals surface area contributed by atoms with Crippen molar-refractivity contribution in [3.05, 3.63) is 50.4 Å². The molecule has 0 bridgehead atoms. The van der Waals surface area contributed by atoms with Gasteiger partial charge in [-0.2, -0.15) is 0 Å². The van der Waals surface area contributed by atoms with Crippen LogP contribution < -0.4 is 10.2 Å². The molecule has 1 unspecified atom stereocenters. The second-order valence-electron chi connectivity index (χ2n) is 4.78. The molecule has 0 saturated carbocycles. The Bertz CT molecular complexity index is 585. The van der Waals surface area contributed by atoms with Crippen LogP contribution in [0.15, 0.2) is 34.1 Å². The first-order chi connectivity index (χ1) is 9.52. The first-order valence-corrected chi connectivity index (χ1v) is 8.10. The molecule has 5 heteroatoms. The summed E-state index contributed by atoms with van der Waals surface area (Å²) >= 11 is 5.12. The molecule has 0 saturated heterocycles. The molecule has 2 aromatic rings. The van der Waals surface area contributed by atoms with E-state index in [0.29, 0.717) is 12.2 Å². The summed E-state index contributed by atoms with van der Waals surface area (Å²) in [5.41, 5.74) is 1.64. The Balaban J connectivity index is 2.30. The van der Waals surface area contributed by atoms with Crippen molar-refractivity contribution in [1.29, 1.82) is 0 Å². The van der Waals surface area contributed by atoms with E-state index >= 15 is 0 Å². The largest absolute Gasteiger partial charge is 0.367 e. The summed E-state index contributed by atoms with van der Waals surface area (Å²) in [5, 5.41) is 5.22. The van der Waals surface area contributed by atoms with E-state index in [1.807, 2.05) is 37.4 Å². The number of anilines is 1. The lowest BCUT2D eigenvalue weighted by molar-refractivity contribution is 0.602. The summed E-state index contributed by atoms with van der Waals surface area (Å²) < 4.78 is 15.3. The van der Waals surface area contributed by atoms with Gasteiger partial charge in [-0.15, -0.1) is 11.3 Å². The fourth-order valence-electron chi connectivity index (χ4n) is 2.19. The predicted octanol–water partition coefficient (Wildman–Crippen LogP) is 4.57. The third-order valence-electron chi connectivity index (χ3n) is 3.31. The third-order valence-corrected chi connectivity index (χ3v) is 5.00. The summed E-state index contributed by atoms with van der Waals surface area (Å²) in [4.78, 5) is 3.17. The molecule has 0 amide bonds. The van der Waals surface area contributed by atoms with Gasteiger partial charge in [-0.3, -0.25) is 0 Å². The number of thiophene rings is 1. The Hall–Kier alpha value is -0.910. The molecule has 0 aliphatic heterocycles. The molecule has 108 valence electrons. The summed E-state index contributed by atoms with van der Waals surface area (Å²) in [5.74, 6) is -0.178. The standard InChI is InChI=1S/C15H18BrFN2S/c1-10(18-2)13-5-4-6-14(17)15(13)19(3)8-12-7-11(16)9-20-12/h4-7,9-10,18H,8H2,1-3H3. The first-order valence-electron chi connectivity index (χ1n) is 6.42. The summed E-state index contributed by atoms with van der Waals surface area (Å²) in [6, 6.07) is 7.43. The minimum atomic E-state index is -0.178. The number of nitrogens with one attached hydrogen (secondary N) is 1. The van der Waals surface area contributed by atoms with E-state index in [1.54, 1.807) is 17.4 Å². The molecule has 1 N–H and O–H groups in total. The molecule has 1 heterocycles. The van der Waals surface area contributed by atoms with Crippen LogP contribution in [0, 0.1) is 5.82 Å². The van der Waals surface area contributed by atoms with Gasteiger partial charge in [0.2, 0.25) is 0 Å². The van der Waals surface area contributed by atoms with Crippen LogP contribution in [-0.4, -0.2) is 14.1 Å². The summed E-state index contributed by atoms with van der Waals surface area (Å²) in [7, 11) is 3.81. The first kappa shape index (κ1) is 15.5. The van der Waals surface area contributed by atoms with Gasteiger partial charge in [0.15, 0.2) is 0 Å². The average molecular weight is 357 g/mol. The van der Waals surface area contributed by atoms with Crippen LogP contribution in [0.4, 0.5) is 10.1 Å². The molecular formula is C15H18BrFN2S. The number of rotatable bonds is 5. The lowest BCUT2D eigenvalue weighted by Gasteiger charge is -2.25. The van der Waals surface area contributed by atoms with E-state index in [4.69, 9.17) is 0 Å². The maximum absolute atomic E-state index is 14.2. The Labute approximate surface area is 131 Å². The van der Waals surface area contributed by atoms with Gasteiger partial charge in [0, 0.05) is 27.8 Å². The van der Waals surface area contributed by atoms with E-state index in [-0.39, 0.29) is 11.9 Å². The molecule has 2 rings (SSSR count). The zero-order valence-electron chi connectivity index (χ0n) is 11.8. The summed E-state index contributed by atoms with van der Waals surface area (Å²) in [6.07, 6.45) is 0. The molecular weight excluding hydrogens is 339 g/mol. The highest BCUT2D eigenvalue weighted by atomic mass is 79.9. The molecule has 0 fully saturated rings. The zero-order valence-corrected chi connectivity index (χ0v) is 14.2. The quantitative estimate of drug-likeness (QED) is 0.844. The lowest BCUT2D eigenvalue weighted by Crippen LogP contribution is -2.22. The fraction of sp³-hybridized carbons (Fsp3) is 0.333. The van der Waals surface area contributed by atoms with Crippen LogP contribution >= 0.6 is 27.3 Å². The fourth-order valence-corrected chi connectivity index (χ4v) is 3.69. The van der Waals surface area contributed by atoms with Gasteiger partial charge in [0.1, 0.15) is 5.82 Å². The Morgan fingerprint density at radius 2 is 2.20 bits per heavy atom. The van der Waals surface area contributed by atoms with Crippen LogP contribution in [0.3, 0.4) is 0 Å². The van der Waals surface area contributed by atoms with Crippen molar-refractivity contribution < 1.29 is 4.39 Å². The number of hydrogen-bond acceptors (Lipinski definition) is 3. The monoisotopic (exact) mass is 356 g/mol. The number of halogens is 2. The van der Waals surface area contributed by atoms with Gasteiger partial charge >= 0.3 is 0 Å². The molecule has 20 heavy (non-hydrogen) atoms. The summed E-state index contributed by atoms with van der Waals surface area (Å²) in [6.45, 7) is 2.73. The molecule has 1 aromatic heterocycles. The normalized spacial score (nSPS) is 12.4. The molecule has 0 aliphatic rings. The maximum atomic E-state index is 14.2. The maximum Gasteiger partial charge on any atom is 0.146 e. The molecule has 2 nitrogen and oxygen atoms in total. The van der Waals surface area contributed by atoms with Crippen LogP contribution in [0.1, 0.15) is 23.4 Å². The van der Waals surface area contributed by atoms with E-state index in [1.165, 1.54) is 10.9 Å². The van der Waals surface area contributed by atoms with Crippen LogP contribution in [-0.2, 0) is 6.54 Å². The predicted molar refractivity (Wildman–Crippen MR) is 88.0 cm³/mol. The van der Waals surface area contributed by atoms with E-state index in [2.05, 4.69) is 27.3 Å². The van der Waals surface area contributed by atoms with E-state index in [0.717, 1.165) is 10.0 Å². The van der Waals surface area contributed by atoms with Crippen molar-refractivity contribution in [2.24, 2.45) is 0 Å². The highest BCUT2D eigenvalue weighted by Crippen LogP contribution is 2.30. The van der Waals surface area contributed by atoms with Crippen LogP contribution in [0.25, 0.3) is 0 Å². The second kappa shape index (κ2) is 6.70. The molecule has 0 spiro atoms. The van der Waals surface area contributed by atoms with Gasteiger partial charge in [-0.25, -0.2) is 4.39 Å². The van der Waals surface area contributed by atoms with Gasteiger partial charge in [0.05, 0.1) is 12.2 Å². The van der Waals surface area contributed by atoms with Gasteiger partial charge in [-0.1, -0.05) is 12.1 Å². The molecule has 0 radical (unpaired) electrons. The van der Waals surface area contributed by atoms with Gasteiger partial charge in [0.25, 0.3) is 0 Å². The van der Waals surface area contributed by atoms with Crippen molar-refractivity contribution >= 4 is 33.0 Å². The number of hydrogen-bond donors (Lipinski definition) is 1. The average Bonchev–Trinajstić information content (AvgIpc) is 2.82. The number of para-hydroxylation sites is 1. The van der Waals surface area contributed by atoms with E-state index in [9.17, 15) is 4.39 Å². The molecule has 0 aliphatic carbocycles. The third kappa shape index (κ3) is 3.40. The Morgan fingerprint density at radius 3 is 2.80 bits per heavy atom. The number of nitrogens with zero attached hydrogens (tertiary/aromatic N) is 1. The molecule has 1 atom stereocenters. The smallest absolute Gasteiger partial charge is 0.146 e. The minimum Gasteiger partial charge on any atom is -0.367 e. The van der Waals surface area contributed by atoms with Crippen molar-refractivity contribution in [2.75, 3.05) is 19.0 Å². The van der Waals surface area contributed by atoms with Crippen LogP contribution in [0.5, 0.6) is 0 Å². The highest BCUT2D eigenvalue weighted by molar-refractivity contribution is 9.10. The van der Waals surface area contributed by atoms with E-state index < -0.39 is 0 Å². The number of benzene rings is 1. The van der Waals surface area contributed by atoms with Crippen LogP contribution in [0.2, 0.25) is 0 Å². The lowest BCUT2D eigenvalue weighted by atomic mass is 10.0. The van der Waals surface area contributed by atoms with Crippen molar-refractivity contribution in [3.63, 3.8) is 0 Å². The Morgan fingerprint density at radius 1 is 1.45 bits per heavy atom. The second-order valence-corrected chi connectivity index (χ2v) is 6.69. The SMILES string of the molecule is CNC(C)c1cccc(F)c1N(C)Cc1cc(Br)cs1. The van der Waals surface area contributed by atoms with Crippen molar-refractivity contribution in [1.82, 2.24) is 5.32 Å². The highest BCUT2D eigenvalue weighted by Gasteiger charge is 2.17. The van der Waals surface area contributed by atoms with Crippen molar-refractivity contribution in [3.8, 4) is 0 Å². The van der Waals surface area contributed by atoms with Gasteiger partial charge < -0.3 is 10.2 Å². The molecule has 1 aromatic carbocycles.